The van der Waals surface area contributed by atoms with Gasteiger partial charge in [0, 0.05) is 0 Å². The maximum Gasteiger partial charge on any atom is 0.249 e. The molecule has 0 saturated carbocycles. The Bertz CT molecular complexity index is 687. The number of hydrogen-bond donors (Lipinski definition) is 5. The van der Waals surface area contributed by atoms with Crippen LogP contribution in [0.4, 0.5) is 0 Å². The van der Waals surface area contributed by atoms with Gasteiger partial charge in [-0.15, -0.1) is 0 Å². The van der Waals surface area contributed by atoms with E-state index in [4.69, 9.17) is 0 Å². The van der Waals surface area contributed by atoms with Crippen molar-refractivity contribution in [3.8, 4) is 0 Å². The number of amides is 1. The summed E-state index contributed by atoms with van der Waals surface area (Å²) < 4.78 is 0. The standard InChI is InChI=1S/C42H83NO5/c1-3-5-7-9-11-13-15-17-18-19-20-21-22-23-24-26-28-30-32-34-36-40(46)42(48)43-38(37-44)41(47)39(45)35-33-31-29-27-25-16-14-12-10-8-6-4-2/h27,29,38-41,44-47H,3-26,28,30-37H2,1-2H3,(H,43,48). The fourth-order valence-electron chi connectivity index (χ4n) is 6.58. The molecular formula is C42H83NO5. The molecule has 4 atom stereocenters. The Morgan fingerprint density at radius 1 is 0.500 bits per heavy atom. The van der Waals surface area contributed by atoms with Crippen molar-refractivity contribution in [3.63, 3.8) is 0 Å². The topological polar surface area (TPSA) is 110 Å². The molecule has 0 heterocycles. The van der Waals surface area contributed by atoms with E-state index >= 15 is 0 Å². The van der Waals surface area contributed by atoms with E-state index in [9.17, 15) is 25.2 Å². The lowest BCUT2D eigenvalue weighted by atomic mass is 10.00. The van der Waals surface area contributed by atoms with Crippen LogP contribution in [0.25, 0.3) is 0 Å². The van der Waals surface area contributed by atoms with Crippen LogP contribution in [0.3, 0.4) is 0 Å². The number of aliphatic hydroxyl groups excluding tert-OH is 4. The Balaban J connectivity index is 3.73. The molecule has 6 nitrogen and oxygen atoms in total. The smallest absolute Gasteiger partial charge is 0.249 e. The number of rotatable bonds is 38. The third-order valence-electron chi connectivity index (χ3n) is 9.98. The highest BCUT2D eigenvalue weighted by Crippen LogP contribution is 2.16. The molecule has 48 heavy (non-hydrogen) atoms. The lowest BCUT2D eigenvalue weighted by molar-refractivity contribution is -0.132. The highest BCUT2D eigenvalue weighted by Gasteiger charge is 2.28. The normalized spacial score (nSPS) is 14.4. The molecule has 4 unspecified atom stereocenters. The maximum atomic E-state index is 12.5. The van der Waals surface area contributed by atoms with E-state index in [0.29, 0.717) is 12.8 Å². The predicted octanol–water partition coefficient (Wildman–Crippen LogP) is 10.6. The summed E-state index contributed by atoms with van der Waals surface area (Å²) in [6.45, 7) is 4.03. The lowest BCUT2D eigenvalue weighted by Crippen LogP contribution is -2.53. The number of unbranched alkanes of at least 4 members (excludes halogenated alkanes) is 27. The summed E-state index contributed by atoms with van der Waals surface area (Å²) in [5.74, 6) is -0.591. The van der Waals surface area contributed by atoms with Gasteiger partial charge in [-0.25, -0.2) is 0 Å². The Kier molecular flexibility index (Phi) is 36.6. The number of carbonyl (C=O) groups is 1. The largest absolute Gasteiger partial charge is 0.394 e. The highest BCUT2D eigenvalue weighted by molar-refractivity contribution is 5.80. The number of aliphatic hydroxyl groups is 4. The first-order valence-corrected chi connectivity index (χ1v) is 21.1. The van der Waals surface area contributed by atoms with Gasteiger partial charge in [-0.3, -0.25) is 4.79 Å². The first-order valence-electron chi connectivity index (χ1n) is 21.1. The SMILES string of the molecule is CCCCCCCCCC=CCCCC(O)C(O)C(CO)NC(=O)C(O)CCCCCCCCCCCCCCCCCCCCCC. The van der Waals surface area contributed by atoms with Crippen molar-refractivity contribution < 1.29 is 25.2 Å². The molecule has 0 spiro atoms. The molecule has 286 valence electrons. The average Bonchev–Trinajstić information content (AvgIpc) is 3.09. The quantitative estimate of drug-likeness (QED) is 0.0329. The molecular weight excluding hydrogens is 598 g/mol. The van der Waals surface area contributed by atoms with Crippen LogP contribution >= 0.6 is 0 Å². The van der Waals surface area contributed by atoms with E-state index in [1.807, 2.05) is 0 Å². The fourth-order valence-corrected chi connectivity index (χ4v) is 6.58. The zero-order valence-corrected chi connectivity index (χ0v) is 32.0. The maximum absolute atomic E-state index is 12.5. The summed E-state index contributed by atoms with van der Waals surface area (Å²) in [4.78, 5) is 12.5. The first kappa shape index (κ1) is 47.0. The third-order valence-corrected chi connectivity index (χ3v) is 9.98. The van der Waals surface area contributed by atoms with E-state index in [-0.39, 0.29) is 0 Å². The third kappa shape index (κ3) is 31.1. The molecule has 0 aromatic heterocycles. The number of allylic oxidation sites excluding steroid dienone is 2. The van der Waals surface area contributed by atoms with Gasteiger partial charge in [0.2, 0.25) is 5.91 Å². The van der Waals surface area contributed by atoms with E-state index < -0.39 is 36.9 Å². The first-order chi connectivity index (χ1) is 23.5. The molecule has 0 radical (unpaired) electrons. The zero-order valence-electron chi connectivity index (χ0n) is 32.0. The summed E-state index contributed by atoms with van der Waals surface area (Å²) in [7, 11) is 0. The second-order valence-corrected chi connectivity index (χ2v) is 14.7. The van der Waals surface area contributed by atoms with Gasteiger partial charge in [-0.05, 0) is 38.5 Å². The van der Waals surface area contributed by atoms with Crippen molar-refractivity contribution in [1.29, 1.82) is 0 Å². The van der Waals surface area contributed by atoms with Crippen LogP contribution in [0.2, 0.25) is 0 Å². The Morgan fingerprint density at radius 3 is 1.25 bits per heavy atom. The number of carbonyl (C=O) groups excluding carboxylic acids is 1. The molecule has 0 saturated heterocycles. The van der Waals surface area contributed by atoms with Gasteiger partial charge in [0.05, 0.1) is 18.8 Å². The van der Waals surface area contributed by atoms with Gasteiger partial charge in [-0.1, -0.05) is 193 Å². The van der Waals surface area contributed by atoms with Crippen LogP contribution in [0.1, 0.15) is 219 Å². The van der Waals surface area contributed by atoms with Crippen molar-refractivity contribution >= 4 is 5.91 Å². The molecule has 0 fully saturated rings. The zero-order chi connectivity index (χ0) is 35.3. The summed E-state index contributed by atoms with van der Waals surface area (Å²) >= 11 is 0. The van der Waals surface area contributed by atoms with Crippen LogP contribution in [0.15, 0.2) is 12.2 Å². The second kappa shape index (κ2) is 37.3. The molecule has 0 aliphatic carbocycles. The van der Waals surface area contributed by atoms with Crippen LogP contribution in [0, 0.1) is 0 Å². The summed E-state index contributed by atoms with van der Waals surface area (Å²) in [5, 5.41) is 43.5. The van der Waals surface area contributed by atoms with Gasteiger partial charge in [0.25, 0.3) is 0 Å². The van der Waals surface area contributed by atoms with Gasteiger partial charge in [0.15, 0.2) is 0 Å². The molecule has 0 aliphatic heterocycles. The van der Waals surface area contributed by atoms with Crippen molar-refractivity contribution in [1.82, 2.24) is 5.32 Å². The van der Waals surface area contributed by atoms with E-state index in [1.54, 1.807) is 0 Å². The number of hydrogen-bond acceptors (Lipinski definition) is 5. The number of nitrogens with one attached hydrogen (secondary N) is 1. The molecule has 0 aromatic rings. The molecule has 0 aliphatic rings. The summed E-state index contributed by atoms with van der Waals surface area (Å²) in [5.41, 5.74) is 0. The van der Waals surface area contributed by atoms with E-state index in [1.165, 1.54) is 154 Å². The van der Waals surface area contributed by atoms with Crippen molar-refractivity contribution in [2.75, 3.05) is 6.61 Å². The minimum Gasteiger partial charge on any atom is -0.394 e. The van der Waals surface area contributed by atoms with Crippen LogP contribution in [-0.4, -0.2) is 57.3 Å². The van der Waals surface area contributed by atoms with E-state index in [0.717, 1.165) is 38.5 Å². The second-order valence-electron chi connectivity index (χ2n) is 14.7. The van der Waals surface area contributed by atoms with Crippen molar-refractivity contribution in [2.24, 2.45) is 0 Å². The van der Waals surface area contributed by atoms with Gasteiger partial charge >= 0.3 is 0 Å². The van der Waals surface area contributed by atoms with Gasteiger partial charge in [-0.2, -0.15) is 0 Å². The average molecular weight is 682 g/mol. The predicted molar refractivity (Wildman–Crippen MR) is 205 cm³/mol. The lowest BCUT2D eigenvalue weighted by Gasteiger charge is -2.27. The Hall–Kier alpha value is -0.950. The van der Waals surface area contributed by atoms with Crippen LogP contribution < -0.4 is 5.32 Å². The molecule has 5 N–H and O–H groups in total. The Labute approximate surface area is 298 Å². The molecule has 0 aromatic carbocycles. The monoisotopic (exact) mass is 682 g/mol. The minimum atomic E-state index is -1.28. The van der Waals surface area contributed by atoms with Crippen molar-refractivity contribution in [3.05, 3.63) is 12.2 Å². The van der Waals surface area contributed by atoms with Gasteiger partial charge in [0.1, 0.15) is 12.2 Å². The highest BCUT2D eigenvalue weighted by atomic mass is 16.3. The molecule has 0 rings (SSSR count). The van der Waals surface area contributed by atoms with Crippen molar-refractivity contribution in [2.45, 2.75) is 244 Å². The fraction of sp³-hybridized carbons (Fsp3) is 0.929. The summed E-state index contributed by atoms with van der Waals surface area (Å²) in [6.07, 6.45) is 39.6. The van der Waals surface area contributed by atoms with E-state index in [2.05, 4.69) is 31.3 Å². The molecule has 0 bridgehead atoms. The molecule has 6 heteroatoms. The summed E-state index contributed by atoms with van der Waals surface area (Å²) in [6, 6.07) is -0.995. The Morgan fingerprint density at radius 2 is 0.854 bits per heavy atom. The molecule has 1 amide bonds. The van der Waals surface area contributed by atoms with Gasteiger partial charge < -0.3 is 25.7 Å². The minimum absolute atomic E-state index is 0.368. The van der Waals surface area contributed by atoms with Crippen LogP contribution in [-0.2, 0) is 4.79 Å². The van der Waals surface area contributed by atoms with Crippen LogP contribution in [0.5, 0.6) is 0 Å².